The van der Waals surface area contributed by atoms with Gasteiger partial charge in [-0.1, -0.05) is 0 Å². The highest BCUT2D eigenvalue weighted by Gasteiger charge is 2.21. The molecule has 10 nitrogen and oxygen atoms in total. The zero-order valence-electron chi connectivity index (χ0n) is 18.3. The lowest BCUT2D eigenvalue weighted by Gasteiger charge is -2.36. The molecule has 11 heteroatoms. The second-order valence-corrected chi connectivity index (χ2v) is 7.59. The van der Waals surface area contributed by atoms with Crippen LogP contribution in [-0.2, 0) is 23.1 Å². The van der Waals surface area contributed by atoms with Crippen molar-refractivity contribution in [1.82, 2.24) is 34.8 Å². The predicted octanol–water partition coefficient (Wildman–Crippen LogP) is 0.0735. The van der Waals surface area contributed by atoms with E-state index in [1.165, 1.54) is 0 Å². The second-order valence-electron chi connectivity index (χ2n) is 7.59. The van der Waals surface area contributed by atoms with Crippen LogP contribution in [0, 0.1) is 6.92 Å². The Morgan fingerprint density at radius 3 is 2.37 bits per heavy atom. The number of guanidine groups is 1. The molecule has 2 aliphatic rings. The lowest BCUT2D eigenvalue weighted by atomic mass is 10.3. The van der Waals surface area contributed by atoms with Crippen molar-refractivity contribution in [3.63, 3.8) is 0 Å². The first-order chi connectivity index (χ1) is 14.0. The van der Waals surface area contributed by atoms with Gasteiger partial charge in [0.25, 0.3) is 0 Å². The third kappa shape index (κ3) is 7.05. The van der Waals surface area contributed by atoms with Crippen LogP contribution in [0.5, 0.6) is 0 Å². The number of aromatic nitrogens is 3. The zero-order valence-corrected chi connectivity index (χ0v) is 20.7. The summed E-state index contributed by atoms with van der Waals surface area (Å²) in [6.45, 7) is 12.7. The highest BCUT2D eigenvalue weighted by molar-refractivity contribution is 14.0. The van der Waals surface area contributed by atoms with Crippen molar-refractivity contribution >= 4 is 35.8 Å². The minimum atomic E-state index is 0. The van der Waals surface area contributed by atoms with Crippen molar-refractivity contribution in [2.75, 3.05) is 65.6 Å². The smallest absolute Gasteiger partial charge is 0.219 e. The number of nitrogens with one attached hydrogen (secondary N) is 1. The number of hydrogen-bond acceptors (Lipinski definition) is 6. The maximum atomic E-state index is 11.6. The van der Waals surface area contributed by atoms with Crippen molar-refractivity contribution in [3.05, 3.63) is 11.6 Å². The molecule has 1 aromatic rings. The number of carbonyl (C=O) groups is 1. The Morgan fingerprint density at radius 1 is 1.10 bits per heavy atom. The number of carbonyl (C=O) groups excluding carboxylic acids is 1. The number of halogens is 1. The number of piperazine rings is 1. The Balaban J connectivity index is 0.00000320. The van der Waals surface area contributed by atoms with E-state index >= 15 is 0 Å². The summed E-state index contributed by atoms with van der Waals surface area (Å²) in [6, 6.07) is 0. The first kappa shape index (κ1) is 24.8. The van der Waals surface area contributed by atoms with Crippen LogP contribution in [-0.4, -0.2) is 107 Å². The van der Waals surface area contributed by atoms with Gasteiger partial charge in [-0.25, -0.2) is 4.99 Å². The van der Waals surface area contributed by atoms with Crippen LogP contribution in [0.2, 0.25) is 0 Å². The lowest BCUT2D eigenvalue weighted by Crippen LogP contribution is -2.53. The molecule has 0 aliphatic carbocycles. The van der Waals surface area contributed by atoms with Crippen LogP contribution in [0.1, 0.15) is 25.0 Å². The predicted molar refractivity (Wildman–Crippen MR) is 126 cm³/mol. The molecule has 0 spiro atoms. The average Bonchev–Trinajstić information content (AvgIpc) is 3.06. The van der Waals surface area contributed by atoms with Crippen molar-refractivity contribution in [2.24, 2.45) is 12.0 Å². The normalized spacial score (nSPS) is 18.3. The summed E-state index contributed by atoms with van der Waals surface area (Å²) in [5.74, 6) is 2.75. The molecule has 3 rings (SSSR count). The minimum Gasteiger partial charge on any atom is -0.379 e. The van der Waals surface area contributed by atoms with E-state index in [4.69, 9.17) is 9.73 Å². The molecule has 0 saturated carbocycles. The third-order valence-electron chi connectivity index (χ3n) is 5.62. The molecule has 1 amide bonds. The molecule has 0 unspecified atom stereocenters. The van der Waals surface area contributed by atoms with Gasteiger partial charge in [-0.2, -0.15) is 0 Å². The monoisotopic (exact) mass is 534 g/mol. The summed E-state index contributed by atoms with van der Waals surface area (Å²) in [4.78, 5) is 23.0. The van der Waals surface area contributed by atoms with Gasteiger partial charge in [0, 0.05) is 59.8 Å². The summed E-state index contributed by atoms with van der Waals surface area (Å²) in [7, 11) is 1.96. The van der Waals surface area contributed by atoms with Crippen molar-refractivity contribution < 1.29 is 9.53 Å². The van der Waals surface area contributed by atoms with Gasteiger partial charge < -0.3 is 24.4 Å². The molecule has 170 valence electrons. The lowest BCUT2D eigenvalue weighted by molar-refractivity contribution is -0.130. The number of amides is 1. The van der Waals surface area contributed by atoms with E-state index < -0.39 is 0 Å². The van der Waals surface area contributed by atoms with Crippen LogP contribution < -0.4 is 5.32 Å². The van der Waals surface area contributed by atoms with Crippen LogP contribution in [0.3, 0.4) is 0 Å². The fourth-order valence-corrected chi connectivity index (χ4v) is 3.56. The van der Waals surface area contributed by atoms with Crippen molar-refractivity contribution in [2.45, 2.75) is 26.8 Å². The maximum Gasteiger partial charge on any atom is 0.219 e. The second kappa shape index (κ2) is 12.4. The number of nitrogens with zero attached hydrogens (tertiary/aromatic N) is 7. The molecule has 1 N–H and O–H groups in total. The Morgan fingerprint density at radius 2 is 1.77 bits per heavy atom. The van der Waals surface area contributed by atoms with E-state index in [1.807, 2.05) is 23.4 Å². The molecule has 2 fully saturated rings. The molecule has 0 atom stereocenters. The topological polar surface area (TPSA) is 91.1 Å². The highest BCUT2D eigenvalue weighted by Crippen LogP contribution is 2.05. The van der Waals surface area contributed by atoms with Crippen LogP contribution in [0.25, 0.3) is 0 Å². The van der Waals surface area contributed by atoms with E-state index in [0.717, 1.165) is 89.6 Å². The Hall–Kier alpha value is -1.47. The number of ether oxygens (including phenoxy) is 1. The largest absolute Gasteiger partial charge is 0.379 e. The van der Waals surface area contributed by atoms with Gasteiger partial charge in [0.05, 0.1) is 13.2 Å². The third-order valence-corrected chi connectivity index (χ3v) is 5.62. The van der Waals surface area contributed by atoms with E-state index in [0.29, 0.717) is 6.54 Å². The van der Waals surface area contributed by atoms with Gasteiger partial charge >= 0.3 is 0 Å². The van der Waals surface area contributed by atoms with Crippen molar-refractivity contribution in [3.8, 4) is 0 Å². The number of hydrogen-bond donors (Lipinski definition) is 1. The standard InChI is InChI=1S/C19H34N8O2.HI/c1-16-22-23-18(24(16)3)15-21-19(27-9-7-26(8-10-27)17(2)28)20-5-4-6-25-11-13-29-14-12-25;/h4-15H2,1-3H3,(H,20,21);1H. The van der Waals surface area contributed by atoms with Crippen molar-refractivity contribution in [1.29, 1.82) is 0 Å². The van der Waals surface area contributed by atoms with Gasteiger partial charge in [-0.15, -0.1) is 34.2 Å². The molecule has 0 bridgehead atoms. The fourth-order valence-electron chi connectivity index (χ4n) is 3.56. The quantitative estimate of drug-likeness (QED) is 0.239. The summed E-state index contributed by atoms with van der Waals surface area (Å²) in [6.07, 6.45) is 1.05. The van der Waals surface area contributed by atoms with Gasteiger partial charge in [0.2, 0.25) is 5.91 Å². The number of aliphatic imine (C=N–C) groups is 1. The average molecular weight is 534 g/mol. The molecular weight excluding hydrogens is 499 g/mol. The van der Waals surface area contributed by atoms with E-state index in [1.54, 1.807) is 6.92 Å². The van der Waals surface area contributed by atoms with Crippen LogP contribution >= 0.6 is 24.0 Å². The molecule has 0 aromatic carbocycles. The molecule has 2 saturated heterocycles. The van der Waals surface area contributed by atoms with Gasteiger partial charge in [0.1, 0.15) is 12.4 Å². The molecule has 1 aromatic heterocycles. The fraction of sp³-hybridized carbons (Fsp3) is 0.789. The summed E-state index contributed by atoms with van der Waals surface area (Å²) >= 11 is 0. The first-order valence-corrected chi connectivity index (χ1v) is 10.5. The number of aryl methyl sites for hydroxylation is 1. The summed E-state index contributed by atoms with van der Waals surface area (Å²) in [5.41, 5.74) is 0. The van der Waals surface area contributed by atoms with E-state index in [2.05, 4.69) is 25.3 Å². The highest BCUT2D eigenvalue weighted by atomic mass is 127. The molecular formula is C19H35IN8O2. The van der Waals surface area contributed by atoms with E-state index in [-0.39, 0.29) is 29.9 Å². The van der Waals surface area contributed by atoms with Crippen LogP contribution in [0.15, 0.2) is 4.99 Å². The molecule has 30 heavy (non-hydrogen) atoms. The number of rotatable bonds is 6. The zero-order chi connectivity index (χ0) is 20.6. The Labute approximate surface area is 196 Å². The van der Waals surface area contributed by atoms with Crippen LogP contribution in [0.4, 0.5) is 0 Å². The molecule has 2 aliphatic heterocycles. The maximum absolute atomic E-state index is 11.6. The molecule has 3 heterocycles. The SMILES string of the molecule is CC(=O)N1CCN(C(=NCc2nnc(C)n2C)NCCCN2CCOCC2)CC1.I. The van der Waals surface area contributed by atoms with Gasteiger partial charge in [-0.3, -0.25) is 9.69 Å². The summed E-state index contributed by atoms with van der Waals surface area (Å²) < 4.78 is 7.38. The Bertz CT molecular complexity index is 697. The first-order valence-electron chi connectivity index (χ1n) is 10.5. The number of morpholine rings is 1. The van der Waals surface area contributed by atoms with Gasteiger partial charge in [0.15, 0.2) is 11.8 Å². The Kier molecular flexibility index (Phi) is 10.2. The molecule has 0 radical (unpaired) electrons. The van der Waals surface area contributed by atoms with E-state index in [9.17, 15) is 4.79 Å². The van der Waals surface area contributed by atoms with Gasteiger partial charge in [-0.05, 0) is 19.9 Å². The minimum absolute atomic E-state index is 0. The summed E-state index contributed by atoms with van der Waals surface area (Å²) in [5, 5.41) is 11.9.